The number of hydrogen-bond acceptors (Lipinski definition) is 7. The third-order valence-corrected chi connectivity index (χ3v) is 2.96. The molecule has 22 heavy (non-hydrogen) atoms. The van der Waals surface area contributed by atoms with Crippen LogP contribution in [0.2, 0.25) is 10.6 Å². The van der Waals surface area contributed by atoms with Crippen LogP contribution in [0.15, 0.2) is 24.3 Å². The summed E-state index contributed by atoms with van der Waals surface area (Å²) in [7, 11) is 0. The van der Waals surface area contributed by atoms with Gasteiger partial charge < -0.3 is 10.6 Å². The summed E-state index contributed by atoms with van der Waals surface area (Å²) in [6, 6.07) is 6.24. The first kappa shape index (κ1) is 16.2. The second kappa shape index (κ2) is 7.71. The highest BCUT2D eigenvalue weighted by molar-refractivity contribution is 6.31. The molecule has 0 atom stereocenters. The van der Waals surface area contributed by atoms with Crippen molar-refractivity contribution < 1.29 is 4.92 Å². The van der Waals surface area contributed by atoms with Crippen LogP contribution in [0, 0.1) is 10.1 Å². The predicted molar refractivity (Wildman–Crippen MR) is 84.5 cm³/mol. The van der Waals surface area contributed by atoms with Gasteiger partial charge in [0, 0.05) is 30.9 Å². The van der Waals surface area contributed by atoms with E-state index in [0.29, 0.717) is 19.0 Å². The van der Waals surface area contributed by atoms with Crippen molar-refractivity contribution in [2.45, 2.75) is 6.42 Å². The highest BCUT2D eigenvalue weighted by atomic mass is 35.5. The fourth-order valence-electron chi connectivity index (χ4n) is 1.63. The summed E-state index contributed by atoms with van der Waals surface area (Å²) in [6.45, 7) is 1.29. The van der Waals surface area contributed by atoms with Crippen LogP contribution in [0.25, 0.3) is 0 Å². The SMILES string of the molecule is O=[N+]([O-])c1ccc(NCCCNc2nc(Cl)nc(Cl)n2)cc1. The first-order chi connectivity index (χ1) is 10.5. The van der Waals surface area contributed by atoms with Crippen molar-refractivity contribution in [3.05, 3.63) is 44.9 Å². The molecule has 2 aromatic rings. The maximum atomic E-state index is 10.5. The lowest BCUT2D eigenvalue weighted by Gasteiger charge is -2.07. The average Bonchev–Trinajstić information content (AvgIpc) is 2.46. The molecular formula is C12H12Cl2N6O2. The molecule has 1 aromatic heterocycles. The Hall–Kier alpha value is -2.19. The molecule has 0 unspecified atom stereocenters. The van der Waals surface area contributed by atoms with Crippen LogP contribution in [-0.2, 0) is 0 Å². The Kier molecular flexibility index (Phi) is 5.68. The Morgan fingerprint density at radius 3 is 2.18 bits per heavy atom. The number of nitrogens with one attached hydrogen (secondary N) is 2. The van der Waals surface area contributed by atoms with Crippen molar-refractivity contribution in [2.24, 2.45) is 0 Å². The predicted octanol–water partition coefficient (Wildman–Crippen LogP) is 3.00. The number of nitro benzene ring substituents is 1. The van der Waals surface area contributed by atoms with Crippen LogP contribution in [0.4, 0.5) is 17.3 Å². The zero-order valence-electron chi connectivity index (χ0n) is 11.3. The fourth-order valence-corrected chi connectivity index (χ4v) is 1.99. The summed E-state index contributed by atoms with van der Waals surface area (Å²) in [6.07, 6.45) is 0.776. The summed E-state index contributed by atoms with van der Waals surface area (Å²) in [4.78, 5) is 21.5. The number of anilines is 2. The number of nitro groups is 1. The lowest BCUT2D eigenvalue weighted by Crippen LogP contribution is -2.11. The molecule has 0 aliphatic rings. The lowest BCUT2D eigenvalue weighted by atomic mass is 10.3. The van der Waals surface area contributed by atoms with Gasteiger partial charge in [-0.3, -0.25) is 10.1 Å². The number of benzene rings is 1. The van der Waals surface area contributed by atoms with Gasteiger partial charge in [0.1, 0.15) is 0 Å². The van der Waals surface area contributed by atoms with E-state index < -0.39 is 4.92 Å². The maximum Gasteiger partial charge on any atom is 0.269 e. The van der Waals surface area contributed by atoms with Gasteiger partial charge >= 0.3 is 0 Å². The lowest BCUT2D eigenvalue weighted by molar-refractivity contribution is -0.384. The minimum Gasteiger partial charge on any atom is -0.385 e. The molecule has 8 nitrogen and oxygen atoms in total. The second-order valence-corrected chi connectivity index (χ2v) is 4.88. The number of halogens is 2. The van der Waals surface area contributed by atoms with Crippen molar-refractivity contribution in [1.29, 1.82) is 0 Å². The van der Waals surface area contributed by atoms with E-state index in [4.69, 9.17) is 23.2 Å². The normalized spacial score (nSPS) is 10.3. The van der Waals surface area contributed by atoms with Gasteiger partial charge in [-0.15, -0.1) is 0 Å². The van der Waals surface area contributed by atoms with Crippen molar-refractivity contribution >= 4 is 40.5 Å². The van der Waals surface area contributed by atoms with E-state index in [1.807, 2.05) is 0 Å². The molecule has 0 saturated heterocycles. The summed E-state index contributed by atoms with van der Waals surface area (Å²) >= 11 is 11.3. The molecule has 0 bridgehead atoms. The molecule has 0 spiro atoms. The molecule has 10 heteroatoms. The van der Waals surface area contributed by atoms with Crippen LogP contribution >= 0.6 is 23.2 Å². The second-order valence-electron chi connectivity index (χ2n) is 4.21. The summed E-state index contributed by atoms with van der Waals surface area (Å²) in [5, 5.41) is 16.7. The third-order valence-electron chi connectivity index (χ3n) is 2.62. The molecule has 1 aromatic carbocycles. The number of rotatable bonds is 7. The standard InChI is InChI=1S/C12H12Cl2N6O2/c13-10-17-11(14)19-12(18-10)16-7-1-6-15-8-2-4-9(5-3-8)20(21)22/h2-5,15H,1,6-7H2,(H,16,17,18,19). The van der Waals surface area contributed by atoms with E-state index >= 15 is 0 Å². The van der Waals surface area contributed by atoms with E-state index in [1.165, 1.54) is 12.1 Å². The molecule has 116 valence electrons. The van der Waals surface area contributed by atoms with Crippen LogP contribution in [0.1, 0.15) is 6.42 Å². The molecule has 0 saturated carbocycles. The summed E-state index contributed by atoms with van der Waals surface area (Å²) < 4.78 is 0. The van der Waals surface area contributed by atoms with Gasteiger partial charge in [0.2, 0.25) is 16.5 Å². The first-order valence-corrected chi connectivity index (χ1v) is 7.09. The third kappa shape index (κ3) is 4.97. The number of nitrogens with zero attached hydrogens (tertiary/aromatic N) is 4. The van der Waals surface area contributed by atoms with Gasteiger partial charge in [-0.25, -0.2) is 0 Å². The molecule has 0 fully saturated rings. The van der Waals surface area contributed by atoms with E-state index in [0.717, 1.165) is 12.1 Å². The summed E-state index contributed by atoms with van der Waals surface area (Å²) in [5.41, 5.74) is 0.882. The molecule has 0 aliphatic heterocycles. The van der Waals surface area contributed by atoms with Crippen molar-refractivity contribution in [3.8, 4) is 0 Å². The van der Waals surface area contributed by atoms with Gasteiger partial charge in [0.15, 0.2) is 0 Å². The van der Waals surface area contributed by atoms with Gasteiger partial charge in [0.05, 0.1) is 4.92 Å². The average molecular weight is 343 g/mol. The molecular weight excluding hydrogens is 331 g/mol. The topological polar surface area (TPSA) is 106 Å². The van der Waals surface area contributed by atoms with Crippen molar-refractivity contribution in [1.82, 2.24) is 15.0 Å². The van der Waals surface area contributed by atoms with Crippen LogP contribution in [0.3, 0.4) is 0 Å². The van der Waals surface area contributed by atoms with E-state index in [2.05, 4.69) is 25.6 Å². The Balaban J connectivity index is 1.72. The molecule has 0 amide bonds. The van der Waals surface area contributed by atoms with E-state index in [-0.39, 0.29) is 16.3 Å². The first-order valence-electron chi connectivity index (χ1n) is 6.34. The highest BCUT2D eigenvalue weighted by Crippen LogP contribution is 2.15. The largest absolute Gasteiger partial charge is 0.385 e. The Bertz CT molecular complexity index is 632. The van der Waals surface area contributed by atoms with Gasteiger partial charge in [-0.1, -0.05) is 0 Å². The molecule has 1 heterocycles. The maximum absolute atomic E-state index is 10.5. The monoisotopic (exact) mass is 342 g/mol. The molecule has 2 N–H and O–H groups in total. The molecule has 0 aliphatic carbocycles. The molecule has 2 rings (SSSR count). The van der Waals surface area contributed by atoms with Crippen LogP contribution in [0.5, 0.6) is 0 Å². The van der Waals surface area contributed by atoms with E-state index in [9.17, 15) is 10.1 Å². The van der Waals surface area contributed by atoms with E-state index in [1.54, 1.807) is 12.1 Å². The van der Waals surface area contributed by atoms with Gasteiger partial charge in [0.25, 0.3) is 5.69 Å². The molecule has 0 radical (unpaired) electrons. The number of non-ortho nitro benzene ring substituents is 1. The van der Waals surface area contributed by atoms with Crippen LogP contribution in [-0.4, -0.2) is 33.0 Å². The Labute approximate surface area is 136 Å². The Morgan fingerprint density at radius 1 is 1.00 bits per heavy atom. The van der Waals surface area contributed by atoms with Crippen molar-refractivity contribution in [2.75, 3.05) is 23.7 Å². The van der Waals surface area contributed by atoms with Gasteiger partial charge in [-0.2, -0.15) is 15.0 Å². The minimum atomic E-state index is -0.432. The fraction of sp³-hybridized carbons (Fsp3) is 0.250. The number of hydrogen-bond donors (Lipinski definition) is 2. The van der Waals surface area contributed by atoms with Crippen LogP contribution < -0.4 is 10.6 Å². The highest BCUT2D eigenvalue weighted by Gasteiger charge is 2.04. The number of aromatic nitrogens is 3. The quantitative estimate of drug-likeness (QED) is 0.452. The zero-order chi connectivity index (χ0) is 15.9. The smallest absolute Gasteiger partial charge is 0.269 e. The minimum absolute atomic E-state index is 0.0338. The zero-order valence-corrected chi connectivity index (χ0v) is 12.8. The Morgan fingerprint density at radius 2 is 1.59 bits per heavy atom. The summed E-state index contributed by atoms with van der Waals surface area (Å²) in [5.74, 6) is 0.320. The van der Waals surface area contributed by atoms with Crippen molar-refractivity contribution in [3.63, 3.8) is 0 Å². The van der Waals surface area contributed by atoms with Gasteiger partial charge in [-0.05, 0) is 41.8 Å².